The summed E-state index contributed by atoms with van der Waals surface area (Å²) in [6.07, 6.45) is 4.88. The summed E-state index contributed by atoms with van der Waals surface area (Å²) in [5, 5.41) is 13.3. The van der Waals surface area contributed by atoms with Crippen LogP contribution >= 0.6 is 0 Å². The van der Waals surface area contributed by atoms with Crippen molar-refractivity contribution < 1.29 is 19.4 Å². The van der Waals surface area contributed by atoms with Crippen molar-refractivity contribution in [3.05, 3.63) is 95.2 Å². The topological polar surface area (TPSA) is 94.7 Å². The molecule has 0 saturated carbocycles. The number of amides is 1. The van der Waals surface area contributed by atoms with Crippen LogP contribution in [0.1, 0.15) is 47.6 Å². The molecule has 1 fully saturated rings. The average Bonchev–Trinajstić information content (AvgIpc) is 3.61. The predicted octanol–water partition coefficient (Wildman–Crippen LogP) is 5.24. The van der Waals surface area contributed by atoms with E-state index in [1.807, 2.05) is 60.8 Å². The van der Waals surface area contributed by atoms with Crippen molar-refractivity contribution in [3.63, 3.8) is 0 Å². The van der Waals surface area contributed by atoms with Crippen molar-refractivity contribution in [2.75, 3.05) is 25.1 Å². The van der Waals surface area contributed by atoms with Gasteiger partial charge in [-0.05, 0) is 54.2 Å². The highest BCUT2D eigenvalue weighted by Crippen LogP contribution is 2.35. The number of nitrogens with zero attached hydrogens (tertiary/aromatic N) is 1. The van der Waals surface area contributed by atoms with Gasteiger partial charge in [0.1, 0.15) is 5.75 Å². The molecule has 38 heavy (non-hydrogen) atoms. The Hall–Kier alpha value is -4.26. The van der Waals surface area contributed by atoms with Gasteiger partial charge in [-0.2, -0.15) is 0 Å². The predicted molar refractivity (Wildman–Crippen MR) is 149 cm³/mol. The van der Waals surface area contributed by atoms with Crippen molar-refractivity contribution >= 4 is 28.5 Å². The minimum Gasteiger partial charge on any atom is -0.497 e. The maximum Gasteiger partial charge on any atom is 0.303 e. The Kier molecular flexibility index (Phi) is 7.63. The van der Waals surface area contributed by atoms with Crippen LogP contribution in [0.3, 0.4) is 0 Å². The number of carbonyl (C=O) groups is 2. The number of carboxylic acids is 1. The van der Waals surface area contributed by atoms with Gasteiger partial charge in [-0.15, -0.1) is 0 Å². The number of carboxylic acid groups (broad SMARTS) is 1. The van der Waals surface area contributed by atoms with Crippen LogP contribution in [0.25, 0.3) is 10.9 Å². The number of nitrogens with one attached hydrogen (secondary N) is 2. The number of methoxy groups -OCH3 is 1. The summed E-state index contributed by atoms with van der Waals surface area (Å²) in [6, 6.07) is 21.7. The van der Waals surface area contributed by atoms with Gasteiger partial charge >= 0.3 is 5.97 Å². The van der Waals surface area contributed by atoms with Crippen LogP contribution in [0, 0.1) is 0 Å². The number of aryl methyl sites for hydroxylation is 1. The summed E-state index contributed by atoms with van der Waals surface area (Å²) in [7, 11) is 1.67. The van der Waals surface area contributed by atoms with E-state index in [0.717, 1.165) is 70.5 Å². The monoisotopic (exact) mass is 511 g/mol. The zero-order valence-corrected chi connectivity index (χ0v) is 21.6. The lowest BCUT2D eigenvalue weighted by Crippen LogP contribution is -2.32. The van der Waals surface area contributed by atoms with Crippen LogP contribution in [0.4, 0.5) is 5.69 Å². The molecule has 7 nitrogen and oxygen atoms in total. The Morgan fingerprint density at radius 2 is 1.84 bits per heavy atom. The number of hydrogen-bond donors (Lipinski definition) is 3. The molecule has 0 spiro atoms. The highest BCUT2D eigenvalue weighted by molar-refractivity contribution is 5.87. The third kappa shape index (κ3) is 5.67. The number of ether oxygens (including phenoxy) is 1. The van der Waals surface area contributed by atoms with Crippen molar-refractivity contribution in [1.29, 1.82) is 0 Å². The molecule has 1 aromatic heterocycles. The molecule has 4 aromatic rings. The number of aliphatic carboxylic acids is 1. The first-order chi connectivity index (χ1) is 18.5. The van der Waals surface area contributed by atoms with Gasteiger partial charge in [-0.25, -0.2) is 0 Å². The van der Waals surface area contributed by atoms with Gasteiger partial charge in [0.25, 0.3) is 0 Å². The summed E-state index contributed by atoms with van der Waals surface area (Å²) >= 11 is 0. The Bertz CT molecular complexity index is 1420. The molecule has 0 radical (unpaired) electrons. The second-order valence-electron chi connectivity index (χ2n) is 9.79. The number of aromatic nitrogens is 1. The number of benzene rings is 3. The molecule has 1 aliphatic rings. The first kappa shape index (κ1) is 25.4. The fourth-order valence-corrected chi connectivity index (χ4v) is 5.29. The normalized spacial score (nSPS) is 14.0. The highest BCUT2D eigenvalue weighted by Gasteiger charge is 2.24. The summed E-state index contributed by atoms with van der Waals surface area (Å²) in [6.45, 7) is 1.97. The number of fused-ring (bicyclic) bond motifs is 1. The molecule has 1 atom stereocenters. The van der Waals surface area contributed by atoms with E-state index in [2.05, 4.69) is 27.3 Å². The number of anilines is 1. The molecule has 2 heterocycles. The third-order valence-corrected chi connectivity index (χ3v) is 7.24. The number of aromatic amines is 1. The number of carbonyl (C=O) groups excluding carboxylic acids is 1. The molecule has 196 valence electrons. The minimum atomic E-state index is -0.825. The van der Waals surface area contributed by atoms with Gasteiger partial charge in [-0.3, -0.25) is 9.59 Å². The molecule has 1 unspecified atom stereocenters. The fourth-order valence-electron chi connectivity index (χ4n) is 5.29. The minimum absolute atomic E-state index is 0.0671. The van der Waals surface area contributed by atoms with Gasteiger partial charge in [0.05, 0.1) is 19.6 Å². The van der Waals surface area contributed by atoms with Gasteiger partial charge in [-0.1, -0.05) is 42.5 Å². The largest absolute Gasteiger partial charge is 0.497 e. The van der Waals surface area contributed by atoms with Crippen molar-refractivity contribution in [3.8, 4) is 5.75 Å². The van der Waals surface area contributed by atoms with Crippen molar-refractivity contribution in [2.45, 2.75) is 38.1 Å². The molecular formula is C31H33N3O4. The average molecular weight is 512 g/mol. The molecule has 1 amide bonds. The first-order valence-electron chi connectivity index (χ1n) is 13.1. The zero-order valence-electron chi connectivity index (χ0n) is 21.6. The van der Waals surface area contributed by atoms with E-state index in [-0.39, 0.29) is 24.8 Å². The van der Waals surface area contributed by atoms with E-state index < -0.39 is 5.97 Å². The summed E-state index contributed by atoms with van der Waals surface area (Å²) < 4.78 is 5.53. The first-order valence-corrected chi connectivity index (χ1v) is 13.1. The number of rotatable bonds is 10. The van der Waals surface area contributed by atoms with Crippen LogP contribution in [0.2, 0.25) is 0 Å². The van der Waals surface area contributed by atoms with E-state index in [0.29, 0.717) is 6.42 Å². The van der Waals surface area contributed by atoms with Crippen molar-refractivity contribution in [2.24, 2.45) is 0 Å². The molecule has 0 aliphatic carbocycles. The van der Waals surface area contributed by atoms with Gasteiger partial charge in [0.15, 0.2) is 0 Å². The SMILES string of the molecule is COc1ccc(C(NC(=O)Cc2ccc3[nH]cc(CCC(=O)O)c3c2)c2ccccc2)c(N2CCCC2)c1. The Morgan fingerprint density at radius 1 is 1.05 bits per heavy atom. The van der Waals surface area contributed by atoms with Crippen LogP contribution in [0.5, 0.6) is 5.75 Å². The lowest BCUT2D eigenvalue weighted by Gasteiger charge is -2.28. The Balaban J connectivity index is 1.42. The standard InChI is InChI=1S/C31H33N3O4/c1-38-24-11-12-25(28(19-24)34-15-5-6-16-34)31(22-7-3-2-4-8-22)33-29(35)18-21-9-13-27-26(17-21)23(20-32-27)10-14-30(36)37/h2-4,7-9,11-13,17,19-20,31-32H,5-6,10,14-16,18H2,1H3,(H,33,35)(H,36,37). The van der Waals surface area contributed by atoms with E-state index in [9.17, 15) is 9.59 Å². The summed E-state index contributed by atoms with van der Waals surface area (Å²) in [5.74, 6) is -0.107. The maximum absolute atomic E-state index is 13.5. The van der Waals surface area contributed by atoms with Crippen LogP contribution in [-0.2, 0) is 22.4 Å². The van der Waals surface area contributed by atoms with Crippen LogP contribution in [-0.4, -0.2) is 42.2 Å². The lowest BCUT2D eigenvalue weighted by molar-refractivity contribution is -0.137. The zero-order chi connectivity index (χ0) is 26.5. The molecule has 5 rings (SSSR count). The molecule has 7 heteroatoms. The molecule has 3 N–H and O–H groups in total. The van der Waals surface area contributed by atoms with Crippen molar-refractivity contribution in [1.82, 2.24) is 10.3 Å². The Labute approximate surface area is 222 Å². The second kappa shape index (κ2) is 11.4. The highest BCUT2D eigenvalue weighted by atomic mass is 16.5. The van der Waals surface area contributed by atoms with E-state index in [1.54, 1.807) is 7.11 Å². The molecule has 3 aromatic carbocycles. The van der Waals surface area contributed by atoms with Gasteiger partial charge in [0, 0.05) is 53.9 Å². The summed E-state index contributed by atoms with van der Waals surface area (Å²) in [5.41, 5.74) is 5.92. The Morgan fingerprint density at radius 3 is 2.58 bits per heavy atom. The molecule has 0 bridgehead atoms. The molecule has 1 saturated heterocycles. The van der Waals surface area contributed by atoms with E-state index in [4.69, 9.17) is 9.84 Å². The third-order valence-electron chi connectivity index (χ3n) is 7.24. The fraction of sp³-hybridized carbons (Fsp3) is 0.290. The van der Waals surface area contributed by atoms with Gasteiger partial charge in [0.2, 0.25) is 5.91 Å². The molecule has 1 aliphatic heterocycles. The lowest BCUT2D eigenvalue weighted by atomic mass is 9.95. The smallest absolute Gasteiger partial charge is 0.303 e. The van der Waals surface area contributed by atoms with E-state index >= 15 is 0 Å². The molecular weight excluding hydrogens is 478 g/mol. The van der Waals surface area contributed by atoms with Gasteiger partial charge < -0.3 is 25.0 Å². The number of H-pyrrole nitrogens is 1. The number of hydrogen-bond acceptors (Lipinski definition) is 4. The van der Waals surface area contributed by atoms with E-state index in [1.165, 1.54) is 0 Å². The second-order valence-corrected chi connectivity index (χ2v) is 9.79. The quantitative estimate of drug-likeness (QED) is 0.271. The van der Waals surface area contributed by atoms with Crippen LogP contribution in [0.15, 0.2) is 72.9 Å². The van der Waals surface area contributed by atoms with Crippen LogP contribution < -0.4 is 15.0 Å². The summed E-state index contributed by atoms with van der Waals surface area (Å²) in [4.78, 5) is 30.1. The maximum atomic E-state index is 13.5.